The molecule has 0 fully saturated rings. The molecule has 0 unspecified atom stereocenters. The van der Waals surface area contributed by atoms with Crippen molar-refractivity contribution in [2.24, 2.45) is 0 Å². The minimum atomic E-state index is 0.355. The molecule has 0 aliphatic heterocycles. The van der Waals surface area contributed by atoms with E-state index in [1.807, 2.05) is 6.07 Å². The van der Waals surface area contributed by atoms with Crippen molar-refractivity contribution in [2.75, 3.05) is 0 Å². The number of aromatic nitrogens is 1. The maximum atomic E-state index is 6.21. The molecule has 0 aliphatic carbocycles. The normalized spacial score (nSPS) is 11.4. The molecule has 0 N–H and O–H groups in total. The highest BCUT2D eigenvalue weighted by Crippen LogP contribution is 2.33. The van der Waals surface area contributed by atoms with E-state index in [2.05, 4.69) is 37.5 Å². The number of nitrogens with zero attached hydrogens (tertiary/aromatic N) is 1. The van der Waals surface area contributed by atoms with E-state index >= 15 is 0 Å². The van der Waals surface area contributed by atoms with E-state index in [0.717, 1.165) is 22.2 Å². The Bertz CT molecular complexity index is 567. The molecule has 0 amide bonds. The van der Waals surface area contributed by atoms with E-state index in [-0.39, 0.29) is 0 Å². The van der Waals surface area contributed by atoms with E-state index in [4.69, 9.17) is 23.2 Å². The van der Waals surface area contributed by atoms with Crippen LogP contribution in [-0.4, -0.2) is 4.98 Å². The highest BCUT2D eigenvalue weighted by atomic mass is 35.5. The summed E-state index contributed by atoms with van der Waals surface area (Å²) < 4.78 is 0. The molecule has 1 heterocycles. The Hall–Kier alpha value is -0.440. The van der Waals surface area contributed by atoms with Crippen LogP contribution in [0.3, 0.4) is 0 Å². The minimum Gasteiger partial charge on any atom is -0.251 e. The number of fused-ring (bicyclic) bond motifs is 1. The first-order valence-electron chi connectivity index (χ1n) is 5.43. The Morgan fingerprint density at radius 1 is 1.29 bits per heavy atom. The summed E-state index contributed by atoms with van der Waals surface area (Å²) in [6.07, 6.45) is 0. The smallest absolute Gasteiger partial charge is 0.0909 e. The highest BCUT2D eigenvalue weighted by Gasteiger charge is 2.12. The van der Waals surface area contributed by atoms with E-state index in [1.54, 1.807) is 6.07 Å². The summed E-state index contributed by atoms with van der Waals surface area (Å²) in [6, 6.07) is 5.84. The lowest BCUT2D eigenvalue weighted by Crippen LogP contribution is -1.97. The van der Waals surface area contributed by atoms with Gasteiger partial charge < -0.3 is 0 Å². The van der Waals surface area contributed by atoms with Crippen LogP contribution in [0.4, 0.5) is 0 Å². The van der Waals surface area contributed by atoms with Crippen molar-refractivity contribution in [3.63, 3.8) is 0 Å². The molecule has 2 rings (SSSR count). The molecule has 1 aromatic carbocycles. The molecule has 2 aromatic rings. The summed E-state index contributed by atoms with van der Waals surface area (Å²) in [5.41, 5.74) is 2.93. The summed E-state index contributed by atoms with van der Waals surface area (Å²) >= 11 is 16.6. The second kappa shape index (κ2) is 5.05. The molecule has 1 nitrogen and oxygen atoms in total. The second-order valence-corrected chi connectivity index (χ2v) is 5.38. The van der Waals surface area contributed by atoms with Crippen LogP contribution in [0.1, 0.15) is 31.0 Å². The van der Waals surface area contributed by atoms with Crippen LogP contribution in [0.5, 0.6) is 0 Å². The molecule has 17 heavy (non-hydrogen) atoms. The average Bonchev–Trinajstić information content (AvgIpc) is 2.32. The lowest BCUT2D eigenvalue weighted by molar-refractivity contribution is 0.828. The zero-order valence-corrected chi connectivity index (χ0v) is 12.1. The number of thiol groups is 1. The fraction of sp³-hybridized carbons (Fsp3) is 0.308. The van der Waals surface area contributed by atoms with Gasteiger partial charge in [0, 0.05) is 16.8 Å². The quantitative estimate of drug-likeness (QED) is 0.758. The first-order chi connectivity index (χ1) is 8.04. The predicted octanol–water partition coefficient (Wildman–Crippen LogP) is 5.09. The summed E-state index contributed by atoms with van der Waals surface area (Å²) in [7, 11) is 0. The topological polar surface area (TPSA) is 12.9 Å². The molecule has 0 saturated carbocycles. The first kappa shape index (κ1) is 13.0. The van der Waals surface area contributed by atoms with Gasteiger partial charge in [-0.3, -0.25) is 4.98 Å². The summed E-state index contributed by atoms with van der Waals surface area (Å²) in [4.78, 5) is 4.59. The van der Waals surface area contributed by atoms with Gasteiger partial charge in [-0.2, -0.15) is 12.6 Å². The molecule has 0 radical (unpaired) electrons. The summed E-state index contributed by atoms with van der Waals surface area (Å²) in [5.74, 6) is 1.02. The molecular weight excluding hydrogens is 273 g/mol. The number of rotatable bonds is 2. The third-order valence-electron chi connectivity index (χ3n) is 2.74. The van der Waals surface area contributed by atoms with Crippen molar-refractivity contribution in [3.05, 3.63) is 39.5 Å². The Morgan fingerprint density at radius 3 is 2.59 bits per heavy atom. The third kappa shape index (κ3) is 2.40. The van der Waals surface area contributed by atoms with Crippen LogP contribution in [-0.2, 0) is 5.75 Å². The Labute approximate surface area is 117 Å². The lowest BCUT2D eigenvalue weighted by Gasteiger charge is -2.11. The van der Waals surface area contributed by atoms with Gasteiger partial charge in [0.1, 0.15) is 0 Å². The van der Waals surface area contributed by atoms with Crippen LogP contribution >= 0.6 is 35.8 Å². The molecule has 90 valence electrons. The largest absolute Gasteiger partial charge is 0.251 e. The second-order valence-electron chi connectivity index (χ2n) is 4.28. The van der Waals surface area contributed by atoms with Gasteiger partial charge in [-0.1, -0.05) is 43.1 Å². The molecule has 1 aromatic heterocycles. The van der Waals surface area contributed by atoms with Crippen molar-refractivity contribution in [1.82, 2.24) is 4.98 Å². The van der Waals surface area contributed by atoms with E-state index in [1.165, 1.54) is 0 Å². The molecule has 0 bridgehead atoms. The zero-order valence-electron chi connectivity index (χ0n) is 9.67. The van der Waals surface area contributed by atoms with Gasteiger partial charge in [0.25, 0.3) is 0 Å². The van der Waals surface area contributed by atoms with Gasteiger partial charge >= 0.3 is 0 Å². The summed E-state index contributed by atoms with van der Waals surface area (Å²) in [6.45, 7) is 4.21. The van der Waals surface area contributed by atoms with Crippen molar-refractivity contribution in [1.29, 1.82) is 0 Å². The van der Waals surface area contributed by atoms with Crippen molar-refractivity contribution in [2.45, 2.75) is 25.5 Å². The number of pyridine rings is 1. The van der Waals surface area contributed by atoms with Gasteiger partial charge in [0.15, 0.2) is 0 Å². The van der Waals surface area contributed by atoms with Crippen LogP contribution < -0.4 is 0 Å². The fourth-order valence-corrected chi connectivity index (χ4v) is 2.37. The first-order valence-corrected chi connectivity index (χ1v) is 6.81. The number of hydrogen-bond acceptors (Lipinski definition) is 2. The monoisotopic (exact) mass is 285 g/mol. The molecule has 0 saturated heterocycles. The Morgan fingerprint density at radius 2 is 2.00 bits per heavy atom. The molecular formula is C13H13Cl2NS. The molecule has 0 atom stereocenters. The SMILES string of the molecule is CC(C)c1cc(CS)c2ccc(Cl)c(Cl)c2n1. The standard InChI is InChI=1S/C13H13Cl2NS/c1-7(2)11-5-8(6-17)9-3-4-10(14)12(15)13(9)16-11/h3-5,7,17H,6H2,1-2H3. The van der Waals surface area contributed by atoms with Gasteiger partial charge in [0.2, 0.25) is 0 Å². The van der Waals surface area contributed by atoms with Crippen LogP contribution in [0, 0.1) is 0 Å². The number of hydrogen-bond donors (Lipinski definition) is 1. The van der Waals surface area contributed by atoms with E-state index in [0.29, 0.717) is 21.7 Å². The van der Waals surface area contributed by atoms with Crippen LogP contribution in [0.25, 0.3) is 10.9 Å². The maximum absolute atomic E-state index is 6.21. The van der Waals surface area contributed by atoms with Gasteiger partial charge in [-0.15, -0.1) is 0 Å². The predicted molar refractivity (Wildman–Crippen MR) is 78.5 cm³/mol. The Balaban J connectivity index is 2.83. The Kier molecular flexibility index (Phi) is 3.86. The van der Waals surface area contributed by atoms with Gasteiger partial charge in [-0.25, -0.2) is 0 Å². The van der Waals surface area contributed by atoms with E-state index in [9.17, 15) is 0 Å². The van der Waals surface area contributed by atoms with E-state index < -0.39 is 0 Å². The molecule has 0 spiro atoms. The third-order valence-corrected chi connectivity index (χ3v) is 3.87. The maximum Gasteiger partial charge on any atom is 0.0909 e. The summed E-state index contributed by atoms with van der Waals surface area (Å²) in [5, 5.41) is 2.09. The lowest BCUT2D eigenvalue weighted by atomic mass is 10.0. The molecule has 4 heteroatoms. The molecule has 0 aliphatic rings. The van der Waals surface area contributed by atoms with Crippen molar-refractivity contribution in [3.8, 4) is 0 Å². The average molecular weight is 286 g/mol. The van der Waals surface area contributed by atoms with Crippen molar-refractivity contribution < 1.29 is 0 Å². The highest BCUT2D eigenvalue weighted by molar-refractivity contribution is 7.79. The van der Waals surface area contributed by atoms with Crippen LogP contribution in [0.15, 0.2) is 18.2 Å². The van der Waals surface area contributed by atoms with Crippen molar-refractivity contribution >= 4 is 46.7 Å². The number of benzene rings is 1. The van der Waals surface area contributed by atoms with Gasteiger partial charge in [0.05, 0.1) is 15.6 Å². The fourth-order valence-electron chi connectivity index (χ4n) is 1.75. The van der Waals surface area contributed by atoms with Gasteiger partial charge in [-0.05, 0) is 23.6 Å². The van der Waals surface area contributed by atoms with Crippen LogP contribution in [0.2, 0.25) is 10.0 Å². The zero-order chi connectivity index (χ0) is 12.6. The number of halogens is 2. The minimum absolute atomic E-state index is 0.355.